The number of nitrogens with one attached hydrogen (secondary N) is 1. The summed E-state index contributed by atoms with van der Waals surface area (Å²) in [7, 11) is 1.52. The molecule has 0 saturated heterocycles. The van der Waals surface area contributed by atoms with Crippen molar-refractivity contribution in [2.75, 3.05) is 7.11 Å². The number of aromatic amines is 1. The van der Waals surface area contributed by atoms with E-state index in [1.165, 1.54) is 13.3 Å². The van der Waals surface area contributed by atoms with Crippen LogP contribution in [0.1, 0.15) is 5.56 Å². The monoisotopic (exact) mass is 260 g/mol. The van der Waals surface area contributed by atoms with E-state index in [0.717, 1.165) is 0 Å². The van der Waals surface area contributed by atoms with Crippen LogP contribution in [0.4, 0.5) is 0 Å². The molecule has 0 aliphatic rings. The van der Waals surface area contributed by atoms with Crippen LogP contribution in [0.3, 0.4) is 0 Å². The fraction of sp³-hybridized carbons (Fsp3) is 0.0769. The van der Waals surface area contributed by atoms with Crippen LogP contribution < -0.4 is 10.3 Å². The second kappa shape index (κ2) is 4.94. The van der Waals surface area contributed by atoms with Crippen LogP contribution >= 0.6 is 11.6 Å². The number of nitrogens with zero attached hydrogens (tertiary/aromatic N) is 1. The second-order valence-electron chi connectivity index (χ2n) is 3.56. The lowest BCUT2D eigenvalue weighted by Crippen LogP contribution is -2.10. The molecule has 90 valence electrons. The first-order valence-corrected chi connectivity index (χ1v) is 5.51. The Kier molecular flexibility index (Phi) is 3.35. The molecule has 0 saturated carbocycles. The third-order valence-corrected chi connectivity index (χ3v) is 2.83. The van der Waals surface area contributed by atoms with Crippen molar-refractivity contribution >= 4 is 11.6 Å². The van der Waals surface area contributed by atoms with Gasteiger partial charge in [0, 0.05) is 11.8 Å². The molecule has 0 amide bonds. The van der Waals surface area contributed by atoms with Gasteiger partial charge in [-0.1, -0.05) is 17.7 Å². The summed E-state index contributed by atoms with van der Waals surface area (Å²) in [5, 5.41) is 9.43. The van der Waals surface area contributed by atoms with Crippen LogP contribution in [0, 0.1) is 11.3 Å². The minimum absolute atomic E-state index is 0.0683. The van der Waals surface area contributed by atoms with E-state index in [2.05, 4.69) is 4.98 Å². The van der Waals surface area contributed by atoms with Gasteiger partial charge in [-0.15, -0.1) is 0 Å². The third kappa shape index (κ3) is 2.08. The summed E-state index contributed by atoms with van der Waals surface area (Å²) >= 11 is 6.02. The molecule has 5 heteroatoms. The van der Waals surface area contributed by atoms with Crippen LogP contribution in [0.25, 0.3) is 11.1 Å². The number of H-pyrrole nitrogens is 1. The van der Waals surface area contributed by atoms with Crippen LogP contribution in [0.15, 0.2) is 35.3 Å². The van der Waals surface area contributed by atoms with Gasteiger partial charge in [0.15, 0.2) is 0 Å². The van der Waals surface area contributed by atoms with E-state index in [1.807, 2.05) is 6.07 Å². The molecule has 1 aromatic carbocycles. The van der Waals surface area contributed by atoms with E-state index in [0.29, 0.717) is 21.9 Å². The van der Waals surface area contributed by atoms with Gasteiger partial charge in [-0.05, 0) is 23.8 Å². The Hall–Kier alpha value is -2.25. The van der Waals surface area contributed by atoms with E-state index in [9.17, 15) is 4.79 Å². The molecule has 0 aliphatic carbocycles. The largest absolute Gasteiger partial charge is 0.495 e. The van der Waals surface area contributed by atoms with E-state index < -0.39 is 5.56 Å². The Balaban J connectivity index is 2.64. The van der Waals surface area contributed by atoms with Crippen LogP contribution in [0.2, 0.25) is 5.02 Å². The Bertz CT molecular complexity index is 686. The molecule has 0 unspecified atom stereocenters. The summed E-state index contributed by atoms with van der Waals surface area (Å²) in [6.45, 7) is 0. The number of pyridine rings is 1. The molecule has 2 rings (SSSR count). The Morgan fingerprint density at radius 1 is 1.39 bits per heavy atom. The number of nitriles is 1. The van der Waals surface area contributed by atoms with Gasteiger partial charge in [-0.2, -0.15) is 5.26 Å². The van der Waals surface area contributed by atoms with Crippen molar-refractivity contribution in [1.82, 2.24) is 4.98 Å². The number of halogens is 1. The van der Waals surface area contributed by atoms with Crippen molar-refractivity contribution in [2.24, 2.45) is 0 Å². The molecule has 1 heterocycles. The minimum atomic E-state index is -0.415. The maximum absolute atomic E-state index is 11.5. The maximum atomic E-state index is 11.5. The summed E-state index contributed by atoms with van der Waals surface area (Å²) < 4.78 is 5.05. The zero-order valence-corrected chi connectivity index (χ0v) is 10.3. The van der Waals surface area contributed by atoms with Gasteiger partial charge in [0.2, 0.25) is 0 Å². The Morgan fingerprint density at radius 2 is 2.17 bits per heavy atom. The first kappa shape index (κ1) is 12.2. The number of benzene rings is 1. The molecular formula is C13H9ClN2O2. The Morgan fingerprint density at radius 3 is 2.78 bits per heavy atom. The molecule has 0 spiro atoms. The molecule has 0 fully saturated rings. The van der Waals surface area contributed by atoms with Crippen LogP contribution in [-0.4, -0.2) is 12.1 Å². The van der Waals surface area contributed by atoms with E-state index in [-0.39, 0.29) is 5.56 Å². The first-order chi connectivity index (χ1) is 8.67. The smallest absolute Gasteiger partial charge is 0.266 e. The fourth-order valence-electron chi connectivity index (χ4n) is 1.66. The van der Waals surface area contributed by atoms with Gasteiger partial charge in [-0.3, -0.25) is 4.79 Å². The molecule has 0 radical (unpaired) electrons. The summed E-state index contributed by atoms with van der Waals surface area (Å²) in [6.07, 6.45) is 1.50. The SMILES string of the molecule is COc1ccc(-c2cc[nH]c(=O)c2C#N)cc1Cl. The van der Waals surface area contributed by atoms with Gasteiger partial charge in [0.1, 0.15) is 17.4 Å². The lowest BCUT2D eigenvalue weighted by Gasteiger charge is -2.07. The summed E-state index contributed by atoms with van der Waals surface area (Å²) in [5.41, 5.74) is 0.898. The fourth-order valence-corrected chi connectivity index (χ4v) is 1.92. The van der Waals surface area contributed by atoms with Crippen molar-refractivity contribution in [3.8, 4) is 22.9 Å². The number of aromatic nitrogens is 1. The molecular weight excluding hydrogens is 252 g/mol. The van der Waals surface area contributed by atoms with Crippen molar-refractivity contribution in [1.29, 1.82) is 5.26 Å². The molecule has 2 aromatic rings. The summed E-state index contributed by atoms with van der Waals surface area (Å²) in [6, 6.07) is 8.66. The molecule has 18 heavy (non-hydrogen) atoms. The van der Waals surface area contributed by atoms with Crippen molar-refractivity contribution < 1.29 is 4.74 Å². The van der Waals surface area contributed by atoms with Gasteiger partial charge >= 0.3 is 0 Å². The molecule has 0 aliphatic heterocycles. The molecule has 4 nitrogen and oxygen atoms in total. The zero-order chi connectivity index (χ0) is 13.1. The number of hydrogen-bond donors (Lipinski definition) is 1. The third-order valence-electron chi connectivity index (χ3n) is 2.54. The molecule has 1 N–H and O–H groups in total. The lowest BCUT2D eigenvalue weighted by molar-refractivity contribution is 0.415. The predicted octanol–water partition coefficient (Wildman–Crippen LogP) is 2.58. The first-order valence-electron chi connectivity index (χ1n) is 5.13. The average molecular weight is 261 g/mol. The number of hydrogen-bond acceptors (Lipinski definition) is 3. The van der Waals surface area contributed by atoms with Gasteiger partial charge in [-0.25, -0.2) is 0 Å². The normalized spacial score (nSPS) is 9.83. The Labute approximate surface area is 108 Å². The van der Waals surface area contributed by atoms with Crippen molar-refractivity contribution in [3.63, 3.8) is 0 Å². The highest BCUT2D eigenvalue weighted by atomic mass is 35.5. The van der Waals surface area contributed by atoms with Gasteiger partial charge in [0.25, 0.3) is 5.56 Å². The summed E-state index contributed by atoms with van der Waals surface area (Å²) in [5.74, 6) is 0.545. The highest BCUT2D eigenvalue weighted by Crippen LogP contribution is 2.30. The second-order valence-corrected chi connectivity index (χ2v) is 3.96. The number of methoxy groups -OCH3 is 1. The minimum Gasteiger partial charge on any atom is -0.495 e. The maximum Gasteiger partial charge on any atom is 0.266 e. The number of rotatable bonds is 2. The van der Waals surface area contributed by atoms with E-state index in [1.54, 1.807) is 24.3 Å². The highest BCUT2D eigenvalue weighted by Gasteiger charge is 2.10. The molecule has 0 bridgehead atoms. The highest BCUT2D eigenvalue weighted by molar-refractivity contribution is 6.32. The number of ether oxygens (including phenoxy) is 1. The quantitative estimate of drug-likeness (QED) is 0.902. The van der Waals surface area contributed by atoms with E-state index >= 15 is 0 Å². The lowest BCUT2D eigenvalue weighted by atomic mass is 10.0. The van der Waals surface area contributed by atoms with Gasteiger partial charge < -0.3 is 9.72 Å². The molecule has 0 atom stereocenters. The van der Waals surface area contributed by atoms with Crippen molar-refractivity contribution in [3.05, 3.63) is 51.4 Å². The van der Waals surface area contributed by atoms with Gasteiger partial charge in [0.05, 0.1) is 12.1 Å². The predicted molar refractivity (Wildman–Crippen MR) is 68.8 cm³/mol. The topological polar surface area (TPSA) is 65.9 Å². The van der Waals surface area contributed by atoms with Crippen LogP contribution in [0.5, 0.6) is 5.75 Å². The average Bonchev–Trinajstić information content (AvgIpc) is 2.38. The standard InChI is InChI=1S/C13H9ClN2O2/c1-18-12-3-2-8(6-11(12)14)9-4-5-16-13(17)10(9)7-15/h2-6H,1H3,(H,16,17). The van der Waals surface area contributed by atoms with Crippen molar-refractivity contribution in [2.45, 2.75) is 0 Å². The molecule has 1 aromatic heterocycles. The summed E-state index contributed by atoms with van der Waals surface area (Å²) in [4.78, 5) is 14.0. The zero-order valence-electron chi connectivity index (χ0n) is 9.53. The van der Waals surface area contributed by atoms with Crippen LogP contribution in [-0.2, 0) is 0 Å². The van der Waals surface area contributed by atoms with E-state index in [4.69, 9.17) is 21.6 Å².